The molecule has 3 rings (SSSR count). The SMILES string of the molecule is CCCCOc1ccc(-c2nnn(Cc3ccc(Cl)cc3)n2)cc1. The minimum atomic E-state index is 0.558. The smallest absolute Gasteiger partial charge is 0.204 e. The number of benzene rings is 2. The van der Waals surface area contributed by atoms with E-state index in [1.807, 2.05) is 48.5 Å². The number of ether oxygens (including phenoxy) is 1. The van der Waals surface area contributed by atoms with E-state index in [0.717, 1.165) is 36.3 Å². The number of hydrogen-bond donors (Lipinski definition) is 0. The van der Waals surface area contributed by atoms with Crippen molar-refractivity contribution in [2.45, 2.75) is 26.3 Å². The lowest BCUT2D eigenvalue weighted by Crippen LogP contribution is -2.03. The lowest BCUT2D eigenvalue weighted by molar-refractivity contribution is 0.309. The van der Waals surface area contributed by atoms with Gasteiger partial charge in [0.15, 0.2) is 0 Å². The van der Waals surface area contributed by atoms with Crippen LogP contribution < -0.4 is 4.74 Å². The molecule has 0 bridgehead atoms. The number of rotatable bonds is 7. The number of halogens is 1. The van der Waals surface area contributed by atoms with E-state index in [2.05, 4.69) is 22.3 Å². The molecular formula is C18H19ClN4O. The van der Waals surface area contributed by atoms with Crippen molar-refractivity contribution >= 4 is 11.6 Å². The van der Waals surface area contributed by atoms with E-state index in [0.29, 0.717) is 17.4 Å². The molecule has 24 heavy (non-hydrogen) atoms. The molecule has 0 atom stereocenters. The van der Waals surface area contributed by atoms with Gasteiger partial charge in [0.1, 0.15) is 5.75 Å². The Bertz CT molecular complexity index is 768. The molecule has 5 nitrogen and oxygen atoms in total. The highest BCUT2D eigenvalue weighted by atomic mass is 35.5. The van der Waals surface area contributed by atoms with Crippen molar-refractivity contribution in [1.29, 1.82) is 0 Å². The van der Waals surface area contributed by atoms with Crippen molar-refractivity contribution in [3.8, 4) is 17.1 Å². The Hall–Kier alpha value is -2.40. The average Bonchev–Trinajstić information content (AvgIpc) is 3.06. The summed E-state index contributed by atoms with van der Waals surface area (Å²) in [6.45, 7) is 3.44. The summed E-state index contributed by atoms with van der Waals surface area (Å²) < 4.78 is 5.66. The van der Waals surface area contributed by atoms with Crippen molar-refractivity contribution in [2.24, 2.45) is 0 Å². The van der Waals surface area contributed by atoms with Crippen LogP contribution >= 0.6 is 11.6 Å². The zero-order chi connectivity index (χ0) is 16.8. The first-order valence-corrected chi connectivity index (χ1v) is 8.38. The average molecular weight is 343 g/mol. The fourth-order valence-corrected chi connectivity index (χ4v) is 2.34. The van der Waals surface area contributed by atoms with Crippen molar-refractivity contribution in [3.05, 3.63) is 59.1 Å². The fourth-order valence-electron chi connectivity index (χ4n) is 2.21. The van der Waals surface area contributed by atoms with Gasteiger partial charge in [-0.05, 0) is 53.6 Å². The summed E-state index contributed by atoms with van der Waals surface area (Å²) in [5.41, 5.74) is 1.99. The Kier molecular flexibility index (Phi) is 5.43. The second-order valence-corrected chi connectivity index (χ2v) is 5.93. The second-order valence-electron chi connectivity index (χ2n) is 5.50. The third kappa shape index (κ3) is 4.32. The molecule has 0 amide bonds. The molecule has 0 spiro atoms. The number of aromatic nitrogens is 4. The third-order valence-electron chi connectivity index (χ3n) is 3.57. The Morgan fingerprint density at radius 1 is 1.04 bits per heavy atom. The summed E-state index contributed by atoms with van der Waals surface area (Å²) in [6, 6.07) is 15.4. The molecule has 0 N–H and O–H groups in total. The van der Waals surface area contributed by atoms with Crippen molar-refractivity contribution in [2.75, 3.05) is 6.61 Å². The van der Waals surface area contributed by atoms with Crippen LogP contribution in [-0.4, -0.2) is 26.8 Å². The van der Waals surface area contributed by atoms with E-state index in [4.69, 9.17) is 16.3 Å². The van der Waals surface area contributed by atoms with Gasteiger partial charge in [-0.25, -0.2) is 0 Å². The lowest BCUT2D eigenvalue weighted by atomic mass is 10.2. The summed E-state index contributed by atoms with van der Waals surface area (Å²) in [4.78, 5) is 1.57. The first-order valence-electron chi connectivity index (χ1n) is 8.00. The summed E-state index contributed by atoms with van der Waals surface area (Å²) in [6.07, 6.45) is 2.18. The van der Waals surface area contributed by atoms with E-state index in [1.165, 1.54) is 0 Å². The number of unbranched alkanes of at least 4 members (excludes halogenated alkanes) is 1. The van der Waals surface area contributed by atoms with Crippen molar-refractivity contribution in [3.63, 3.8) is 0 Å². The van der Waals surface area contributed by atoms with Crippen LogP contribution in [0.25, 0.3) is 11.4 Å². The zero-order valence-corrected chi connectivity index (χ0v) is 14.3. The van der Waals surface area contributed by atoms with Gasteiger partial charge in [-0.15, -0.1) is 10.2 Å². The molecule has 124 valence electrons. The Morgan fingerprint density at radius 2 is 1.79 bits per heavy atom. The predicted octanol–water partition coefficient (Wildman–Crippen LogP) is 4.22. The zero-order valence-electron chi connectivity index (χ0n) is 13.5. The number of tetrazole rings is 1. The lowest BCUT2D eigenvalue weighted by Gasteiger charge is -2.05. The maximum atomic E-state index is 5.89. The summed E-state index contributed by atoms with van der Waals surface area (Å²) in [5, 5.41) is 13.4. The van der Waals surface area contributed by atoms with E-state index in [-0.39, 0.29) is 0 Å². The van der Waals surface area contributed by atoms with Gasteiger partial charge < -0.3 is 4.74 Å². The van der Waals surface area contributed by atoms with E-state index >= 15 is 0 Å². The van der Waals surface area contributed by atoms with Gasteiger partial charge >= 0.3 is 0 Å². The van der Waals surface area contributed by atoms with Gasteiger partial charge in [-0.2, -0.15) is 4.80 Å². The van der Waals surface area contributed by atoms with Gasteiger partial charge in [0.25, 0.3) is 0 Å². The van der Waals surface area contributed by atoms with Gasteiger partial charge in [0.05, 0.1) is 13.2 Å². The van der Waals surface area contributed by atoms with E-state index in [1.54, 1.807) is 4.80 Å². The molecule has 0 saturated carbocycles. The maximum Gasteiger partial charge on any atom is 0.204 e. The van der Waals surface area contributed by atoms with Gasteiger partial charge in [0.2, 0.25) is 5.82 Å². The largest absolute Gasteiger partial charge is 0.494 e. The molecule has 6 heteroatoms. The molecule has 0 radical (unpaired) electrons. The van der Waals surface area contributed by atoms with Crippen LogP contribution in [-0.2, 0) is 6.54 Å². The number of hydrogen-bond acceptors (Lipinski definition) is 4. The highest BCUT2D eigenvalue weighted by Crippen LogP contribution is 2.19. The predicted molar refractivity (Wildman–Crippen MR) is 94.2 cm³/mol. The monoisotopic (exact) mass is 342 g/mol. The molecule has 0 saturated heterocycles. The molecule has 2 aromatic carbocycles. The molecule has 0 aliphatic heterocycles. The topological polar surface area (TPSA) is 52.8 Å². The molecule has 3 aromatic rings. The molecule has 0 aliphatic rings. The fraction of sp³-hybridized carbons (Fsp3) is 0.278. The first kappa shape index (κ1) is 16.5. The molecule has 1 aromatic heterocycles. The summed E-state index contributed by atoms with van der Waals surface area (Å²) in [7, 11) is 0. The molecule has 0 aliphatic carbocycles. The van der Waals surface area contributed by atoms with Crippen LogP contribution in [0.1, 0.15) is 25.3 Å². The van der Waals surface area contributed by atoms with Crippen LogP contribution in [0.3, 0.4) is 0 Å². The Labute approximate surface area is 146 Å². The molecule has 1 heterocycles. The third-order valence-corrected chi connectivity index (χ3v) is 3.82. The van der Waals surface area contributed by atoms with Crippen LogP contribution in [0, 0.1) is 0 Å². The molecule has 0 unspecified atom stereocenters. The van der Waals surface area contributed by atoms with Gasteiger partial charge in [0, 0.05) is 10.6 Å². The van der Waals surface area contributed by atoms with E-state index < -0.39 is 0 Å². The van der Waals surface area contributed by atoms with E-state index in [9.17, 15) is 0 Å². The van der Waals surface area contributed by atoms with Crippen LogP contribution in [0.4, 0.5) is 0 Å². The molecule has 0 fully saturated rings. The normalized spacial score (nSPS) is 10.8. The summed E-state index contributed by atoms with van der Waals surface area (Å²) in [5.74, 6) is 1.46. The minimum Gasteiger partial charge on any atom is -0.494 e. The highest BCUT2D eigenvalue weighted by molar-refractivity contribution is 6.30. The van der Waals surface area contributed by atoms with Crippen LogP contribution in [0.15, 0.2) is 48.5 Å². The molecular weight excluding hydrogens is 324 g/mol. The first-order chi connectivity index (χ1) is 11.7. The van der Waals surface area contributed by atoms with Gasteiger partial charge in [-0.1, -0.05) is 37.1 Å². The number of nitrogens with zero attached hydrogens (tertiary/aromatic N) is 4. The van der Waals surface area contributed by atoms with Crippen molar-refractivity contribution in [1.82, 2.24) is 20.2 Å². The summed E-state index contributed by atoms with van der Waals surface area (Å²) >= 11 is 5.89. The second kappa shape index (κ2) is 7.93. The Balaban J connectivity index is 1.65. The van der Waals surface area contributed by atoms with Crippen LogP contribution in [0.5, 0.6) is 5.75 Å². The maximum absolute atomic E-state index is 5.89. The van der Waals surface area contributed by atoms with Crippen molar-refractivity contribution < 1.29 is 4.74 Å². The standard InChI is InChI=1S/C18H19ClN4O/c1-2-3-12-24-17-10-6-15(7-11-17)18-20-22-23(21-18)13-14-4-8-16(19)9-5-14/h4-11H,2-3,12-13H2,1H3. The highest BCUT2D eigenvalue weighted by Gasteiger charge is 2.07. The minimum absolute atomic E-state index is 0.558. The quantitative estimate of drug-likeness (QED) is 0.603. The van der Waals surface area contributed by atoms with Crippen LogP contribution in [0.2, 0.25) is 5.02 Å². The Morgan fingerprint density at radius 3 is 2.50 bits per heavy atom. The van der Waals surface area contributed by atoms with Gasteiger partial charge in [-0.3, -0.25) is 0 Å².